The van der Waals surface area contributed by atoms with E-state index < -0.39 is 0 Å². The van der Waals surface area contributed by atoms with Gasteiger partial charge in [-0.1, -0.05) is 68.1 Å². The van der Waals surface area contributed by atoms with Crippen LogP contribution in [0.5, 0.6) is 0 Å². The summed E-state index contributed by atoms with van der Waals surface area (Å²) >= 11 is 0. The number of benzene rings is 2. The minimum Gasteiger partial charge on any atom is -0.344 e. The third kappa shape index (κ3) is 5.34. The van der Waals surface area contributed by atoms with E-state index in [0.717, 1.165) is 61.6 Å². The maximum Gasteiger partial charge on any atom is 0.272 e. The predicted octanol–water partition coefficient (Wildman–Crippen LogP) is 7.07. The first-order valence-corrected chi connectivity index (χ1v) is 13.3. The SMILES string of the molecule is C[C@H](NC(=O)c1nn(C2CCCCC2)c2c1CCCCC2Cc1cccc(F)c1)c1ccccc1. The van der Waals surface area contributed by atoms with Crippen LogP contribution in [-0.4, -0.2) is 15.7 Å². The van der Waals surface area contributed by atoms with Gasteiger partial charge in [0, 0.05) is 17.2 Å². The Morgan fingerprint density at radius 1 is 1.03 bits per heavy atom. The van der Waals surface area contributed by atoms with E-state index in [9.17, 15) is 9.18 Å². The number of rotatable bonds is 6. The lowest BCUT2D eigenvalue weighted by atomic mass is 9.89. The second kappa shape index (κ2) is 10.8. The normalized spacial score (nSPS) is 19.5. The van der Waals surface area contributed by atoms with Crippen molar-refractivity contribution in [2.45, 2.75) is 89.1 Å². The van der Waals surface area contributed by atoms with Crippen LogP contribution in [0.4, 0.5) is 4.39 Å². The zero-order chi connectivity index (χ0) is 24.2. The molecular weight excluding hydrogens is 437 g/mol. The number of halogens is 1. The third-order valence-corrected chi connectivity index (χ3v) is 7.82. The molecule has 0 saturated heterocycles. The molecule has 5 rings (SSSR count). The van der Waals surface area contributed by atoms with Gasteiger partial charge < -0.3 is 5.32 Å². The van der Waals surface area contributed by atoms with E-state index in [1.807, 2.05) is 43.3 Å². The van der Waals surface area contributed by atoms with Gasteiger partial charge in [-0.2, -0.15) is 5.10 Å². The van der Waals surface area contributed by atoms with Gasteiger partial charge in [0.1, 0.15) is 5.82 Å². The molecule has 2 aliphatic carbocycles. The van der Waals surface area contributed by atoms with E-state index in [-0.39, 0.29) is 23.7 Å². The molecule has 0 bridgehead atoms. The number of hydrogen-bond donors (Lipinski definition) is 1. The molecule has 1 unspecified atom stereocenters. The van der Waals surface area contributed by atoms with Crippen LogP contribution in [0, 0.1) is 5.82 Å². The number of hydrogen-bond acceptors (Lipinski definition) is 2. The Morgan fingerprint density at radius 2 is 1.80 bits per heavy atom. The summed E-state index contributed by atoms with van der Waals surface area (Å²) in [7, 11) is 0. The van der Waals surface area contributed by atoms with Gasteiger partial charge in [0.25, 0.3) is 5.91 Å². The highest BCUT2D eigenvalue weighted by molar-refractivity contribution is 5.94. The summed E-state index contributed by atoms with van der Waals surface area (Å²) in [6.07, 6.45) is 10.8. The van der Waals surface area contributed by atoms with Crippen molar-refractivity contribution in [1.29, 1.82) is 0 Å². The summed E-state index contributed by atoms with van der Waals surface area (Å²) in [4.78, 5) is 13.6. The molecule has 0 aliphatic heterocycles. The Hall–Kier alpha value is -2.95. The van der Waals surface area contributed by atoms with E-state index in [2.05, 4.69) is 10.00 Å². The monoisotopic (exact) mass is 473 g/mol. The minimum atomic E-state index is -0.188. The highest BCUT2D eigenvalue weighted by Gasteiger charge is 2.33. The van der Waals surface area contributed by atoms with E-state index in [0.29, 0.717) is 11.7 Å². The number of nitrogens with one attached hydrogen (secondary N) is 1. The Labute approximate surface area is 207 Å². The number of fused-ring (bicyclic) bond motifs is 1. The van der Waals surface area contributed by atoms with Crippen LogP contribution in [0.2, 0.25) is 0 Å². The molecule has 5 heteroatoms. The molecule has 0 radical (unpaired) electrons. The molecule has 1 saturated carbocycles. The fourth-order valence-electron chi connectivity index (χ4n) is 6.01. The van der Waals surface area contributed by atoms with Crippen LogP contribution in [0.15, 0.2) is 54.6 Å². The van der Waals surface area contributed by atoms with E-state index in [1.165, 1.54) is 31.0 Å². The lowest BCUT2D eigenvalue weighted by molar-refractivity contribution is 0.0932. The van der Waals surface area contributed by atoms with Gasteiger partial charge in [0.05, 0.1) is 12.1 Å². The molecule has 0 spiro atoms. The number of carbonyl (C=O) groups excluding carboxylic acids is 1. The molecule has 35 heavy (non-hydrogen) atoms. The molecule has 1 amide bonds. The van der Waals surface area contributed by atoms with Crippen molar-refractivity contribution in [2.24, 2.45) is 0 Å². The summed E-state index contributed by atoms with van der Waals surface area (Å²) in [5.41, 5.74) is 5.05. The highest BCUT2D eigenvalue weighted by Crippen LogP contribution is 2.39. The topological polar surface area (TPSA) is 46.9 Å². The maximum atomic E-state index is 14.0. The van der Waals surface area contributed by atoms with Gasteiger partial charge in [-0.05, 0) is 68.7 Å². The molecule has 2 atom stereocenters. The lowest BCUT2D eigenvalue weighted by Crippen LogP contribution is -2.28. The lowest BCUT2D eigenvalue weighted by Gasteiger charge is -2.27. The molecule has 3 aromatic rings. The van der Waals surface area contributed by atoms with Gasteiger partial charge in [0.15, 0.2) is 5.69 Å². The number of amides is 1. The molecule has 1 aromatic heterocycles. The van der Waals surface area contributed by atoms with Crippen LogP contribution in [-0.2, 0) is 12.8 Å². The van der Waals surface area contributed by atoms with Gasteiger partial charge in [-0.15, -0.1) is 0 Å². The van der Waals surface area contributed by atoms with E-state index in [1.54, 1.807) is 12.1 Å². The second-order valence-corrected chi connectivity index (χ2v) is 10.3. The van der Waals surface area contributed by atoms with Gasteiger partial charge in [-0.25, -0.2) is 4.39 Å². The van der Waals surface area contributed by atoms with Crippen LogP contribution in [0.25, 0.3) is 0 Å². The zero-order valence-electron chi connectivity index (χ0n) is 20.7. The average molecular weight is 474 g/mol. The Kier molecular flexibility index (Phi) is 7.31. The van der Waals surface area contributed by atoms with Crippen molar-refractivity contribution in [2.75, 3.05) is 0 Å². The van der Waals surface area contributed by atoms with Crippen molar-refractivity contribution >= 4 is 5.91 Å². The molecule has 1 fully saturated rings. The third-order valence-electron chi connectivity index (χ3n) is 7.82. The van der Waals surface area contributed by atoms with Crippen LogP contribution in [0.1, 0.15) is 109 Å². The Bertz CT molecular complexity index is 1150. The van der Waals surface area contributed by atoms with Crippen molar-refractivity contribution in [3.63, 3.8) is 0 Å². The molecule has 2 aliphatic rings. The average Bonchev–Trinajstić information content (AvgIpc) is 3.15. The summed E-state index contributed by atoms with van der Waals surface area (Å²) in [5.74, 6) is -0.0255. The van der Waals surface area contributed by atoms with Crippen LogP contribution < -0.4 is 5.32 Å². The van der Waals surface area contributed by atoms with Crippen molar-refractivity contribution < 1.29 is 9.18 Å². The molecular formula is C30H36FN3O. The van der Waals surface area contributed by atoms with E-state index >= 15 is 0 Å². The number of nitrogens with zero attached hydrogens (tertiary/aromatic N) is 2. The fraction of sp³-hybridized carbons (Fsp3) is 0.467. The summed E-state index contributed by atoms with van der Waals surface area (Å²) in [6.45, 7) is 2.02. The highest BCUT2D eigenvalue weighted by atomic mass is 19.1. The summed E-state index contributed by atoms with van der Waals surface area (Å²) in [5, 5.41) is 8.25. The smallest absolute Gasteiger partial charge is 0.272 e. The first kappa shape index (κ1) is 23.8. The Balaban J connectivity index is 1.51. The Morgan fingerprint density at radius 3 is 2.57 bits per heavy atom. The van der Waals surface area contributed by atoms with Gasteiger partial charge >= 0.3 is 0 Å². The van der Waals surface area contributed by atoms with Crippen LogP contribution >= 0.6 is 0 Å². The number of carbonyl (C=O) groups is 1. The standard InChI is InChI=1S/C30H36FN3O/c1-21(23-12-4-2-5-13-23)32-30(35)28-27-18-9-8-14-24(19-22-11-10-15-25(31)20-22)29(27)34(33-28)26-16-6-3-7-17-26/h2,4-5,10-13,15,20-21,24,26H,3,6-9,14,16-19H2,1H3,(H,32,35)/t21-,24?/m0/s1. The van der Waals surface area contributed by atoms with Crippen molar-refractivity contribution in [3.8, 4) is 0 Å². The molecule has 4 nitrogen and oxygen atoms in total. The largest absolute Gasteiger partial charge is 0.344 e. The predicted molar refractivity (Wildman–Crippen MR) is 137 cm³/mol. The summed E-state index contributed by atoms with van der Waals surface area (Å²) < 4.78 is 16.2. The second-order valence-electron chi connectivity index (χ2n) is 10.3. The van der Waals surface area contributed by atoms with Crippen molar-refractivity contribution in [3.05, 3.63) is 88.5 Å². The fourth-order valence-corrected chi connectivity index (χ4v) is 6.01. The van der Waals surface area contributed by atoms with Gasteiger partial charge in [-0.3, -0.25) is 9.48 Å². The molecule has 1 heterocycles. The minimum absolute atomic E-state index is 0.0847. The maximum absolute atomic E-state index is 14.0. The first-order valence-electron chi connectivity index (χ1n) is 13.3. The first-order chi connectivity index (χ1) is 17.1. The zero-order valence-corrected chi connectivity index (χ0v) is 20.7. The molecule has 2 aromatic carbocycles. The van der Waals surface area contributed by atoms with Gasteiger partial charge in [0.2, 0.25) is 0 Å². The molecule has 184 valence electrons. The van der Waals surface area contributed by atoms with Crippen molar-refractivity contribution in [1.82, 2.24) is 15.1 Å². The number of aromatic nitrogens is 2. The quantitative estimate of drug-likeness (QED) is 0.389. The van der Waals surface area contributed by atoms with Crippen LogP contribution in [0.3, 0.4) is 0 Å². The molecule has 1 N–H and O–H groups in total. The summed E-state index contributed by atoms with van der Waals surface area (Å²) in [6, 6.07) is 17.3. The van der Waals surface area contributed by atoms with E-state index in [4.69, 9.17) is 5.10 Å².